The van der Waals surface area contributed by atoms with Crippen molar-refractivity contribution in [3.63, 3.8) is 0 Å². The second-order valence-corrected chi connectivity index (χ2v) is 2.84. The molecule has 0 saturated carbocycles. The molecule has 0 aromatic rings. The summed E-state index contributed by atoms with van der Waals surface area (Å²) in [5, 5.41) is 4.20. The van der Waals surface area contributed by atoms with Gasteiger partial charge in [-0.1, -0.05) is 6.92 Å². The lowest BCUT2D eigenvalue weighted by Crippen LogP contribution is -2.23. The van der Waals surface area contributed by atoms with Crippen molar-refractivity contribution in [3.8, 4) is 0 Å². The molecule has 0 amide bonds. The van der Waals surface area contributed by atoms with Crippen LogP contribution in [-0.2, 0) is 19.6 Å². The molecule has 0 unspecified atom stereocenters. The van der Waals surface area contributed by atoms with Gasteiger partial charge in [0, 0.05) is 6.92 Å². The fourth-order valence-electron chi connectivity index (χ4n) is 0.216. The Balaban J connectivity index is 3.45. The van der Waals surface area contributed by atoms with Crippen LogP contribution in [0.1, 0.15) is 34.1 Å². The van der Waals surface area contributed by atoms with Crippen molar-refractivity contribution in [2.45, 2.75) is 39.7 Å². The Kier molecular flexibility index (Phi) is 4.07. The van der Waals surface area contributed by atoms with Crippen molar-refractivity contribution < 1.29 is 19.6 Å². The van der Waals surface area contributed by atoms with Gasteiger partial charge in [-0.2, -0.15) is 4.89 Å². The third-order valence-corrected chi connectivity index (χ3v) is 1.26. The zero-order chi connectivity index (χ0) is 8.91. The maximum Gasteiger partial charge on any atom is 0.342 e. The Morgan fingerprint density at radius 2 is 2.00 bits per heavy atom. The predicted molar refractivity (Wildman–Crippen MR) is 38.3 cm³/mol. The van der Waals surface area contributed by atoms with Gasteiger partial charge < -0.3 is 0 Å². The van der Waals surface area contributed by atoms with E-state index in [4.69, 9.17) is 4.89 Å². The van der Waals surface area contributed by atoms with Crippen LogP contribution in [0.4, 0.5) is 0 Å². The molecule has 0 aromatic heterocycles. The van der Waals surface area contributed by atoms with Crippen molar-refractivity contribution in [2.24, 2.45) is 0 Å². The number of carbonyl (C=O) groups is 1. The molecule has 0 spiro atoms. The van der Waals surface area contributed by atoms with Crippen LogP contribution in [0.25, 0.3) is 0 Å². The lowest BCUT2D eigenvalue weighted by molar-refractivity contribution is -0.516. The van der Waals surface area contributed by atoms with Crippen molar-refractivity contribution in [1.29, 1.82) is 0 Å². The monoisotopic (exact) mass is 162 g/mol. The highest BCUT2D eigenvalue weighted by Gasteiger charge is 2.17. The van der Waals surface area contributed by atoms with Gasteiger partial charge in [0.25, 0.3) is 0 Å². The first-order chi connectivity index (χ1) is 4.98. The molecule has 4 nitrogen and oxygen atoms in total. The average Bonchev–Trinajstić information content (AvgIpc) is 1.87. The SMILES string of the molecule is CCC(C)(C)OOOC(C)=O. The molecule has 0 fully saturated rings. The van der Waals surface area contributed by atoms with Gasteiger partial charge in [0.05, 0.1) is 0 Å². The standard InChI is InChI=1S/C7H14O4/c1-5-7(3,4)10-11-9-6(2)8/h5H2,1-4H3. The maximum absolute atomic E-state index is 10.2. The summed E-state index contributed by atoms with van der Waals surface area (Å²) in [6, 6.07) is 0. The van der Waals surface area contributed by atoms with Crippen LogP contribution in [-0.4, -0.2) is 11.6 Å². The van der Waals surface area contributed by atoms with E-state index in [0.29, 0.717) is 0 Å². The normalized spacial score (nSPS) is 11.3. The Morgan fingerprint density at radius 1 is 1.45 bits per heavy atom. The van der Waals surface area contributed by atoms with Crippen LogP contribution in [0, 0.1) is 0 Å². The molecule has 66 valence electrons. The minimum atomic E-state index is -0.531. The topological polar surface area (TPSA) is 44.8 Å². The molecule has 0 rings (SSSR count). The quantitative estimate of drug-likeness (QED) is 0.465. The fourth-order valence-corrected chi connectivity index (χ4v) is 0.216. The summed E-state index contributed by atoms with van der Waals surface area (Å²) in [5.74, 6) is -0.531. The van der Waals surface area contributed by atoms with Crippen molar-refractivity contribution in [1.82, 2.24) is 0 Å². The highest BCUT2D eigenvalue weighted by Crippen LogP contribution is 2.13. The summed E-state index contributed by atoms with van der Waals surface area (Å²) < 4.78 is 0. The van der Waals surface area contributed by atoms with Crippen molar-refractivity contribution in [3.05, 3.63) is 0 Å². The third kappa shape index (κ3) is 5.82. The molecule has 0 heterocycles. The molecule has 0 aliphatic heterocycles. The molecule has 0 aromatic carbocycles. The fraction of sp³-hybridized carbons (Fsp3) is 0.857. The van der Waals surface area contributed by atoms with Gasteiger partial charge in [-0.05, 0) is 25.3 Å². The van der Waals surface area contributed by atoms with E-state index in [1.54, 1.807) is 0 Å². The zero-order valence-electron chi connectivity index (χ0n) is 7.34. The number of carbonyl (C=O) groups excluding carboxylic acids is 1. The Morgan fingerprint density at radius 3 is 2.36 bits per heavy atom. The second kappa shape index (κ2) is 4.31. The van der Waals surface area contributed by atoms with Gasteiger partial charge in [-0.3, -0.25) is 4.89 Å². The number of hydrogen-bond donors (Lipinski definition) is 0. The molecule has 0 atom stereocenters. The van der Waals surface area contributed by atoms with Crippen LogP contribution in [0.5, 0.6) is 0 Å². The molecule has 11 heavy (non-hydrogen) atoms. The largest absolute Gasteiger partial charge is 0.342 e. The first-order valence-electron chi connectivity index (χ1n) is 3.51. The van der Waals surface area contributed by atoms with Gasteiger partial charge in [-0.15, -0.1) is 0 Å². The Hall–Kier alpha value is -0.610. The van der Waals surface area contributed by atoms with E-state index in [9.17, 15) is 4.79 Å². The first-order valence-corrected chi connectivity index (χ1v) is 3.51. The molecule has 0 N–H and O–H groups in total. The van der Waals surface area contributed by atoms with Crippen LogP contribution in [0.15, 0.2) is 0 Å². The highest BCUT2D eigenvalue weighted by molar-refractivity contribution is 5.65. The predicted octanol–water partition coefficient (Wildman–Crippen LogP) is 1.60. The highest BCUT2D eigenvalue weighted by atomic mass is 17.5. The lowest BCUT2D eigenvalue weighted by atomic mass is 10.1. The van der Waals surface area contributed by atoms with Crippen LogP contribution < -0.4 is 0 Å². The summed E-state index contributed by atoms with van der Waals surface area (Å²) in [7, 11) is 0. The number of rotatable bonds is 4. The van der Waals surface area contributed by atoms with E-state index in [1.165, 1.54) is 6.92 Å². The molecule has 0 radical (unpaired) electrons. The van der Waals surface area contributed by atoms with Crippen LogP contribution in [0.2, 0.25) is 0 Å². The summed E-state index contributed by atoms with van der Waals surface area (Å²) in [4.78, 5) is 19.1. The van der Waals surface area contributed by atoms with Gasteiger partial charge in [0.2, 0.25) is 0 Å². The molecule has 0 aliphatic rings. The van der Waals surface area contributed by atoms with E-state index in [0.717, 1.165) is 6.42 Å². The molecule has 0 bridgehead atoms. The first kappa shape index (κ1) is 10.4. The van der Waals surface area contributed by atoms with E-state index in [-0.39, 0.29) is 0 Å². The Labute approximate surface area is 66.3 Å². The minimum Gasteiger partial charge on any atom is -0.269 e. The average molecular weight is 162 g/mol. The summed E-state index contributed by atoms with van der Waals surface area (Å²) in [6.07, 6.45) is 0.772. The van der Waals surface area contributed by atoms with Crippen molar-refractivity contribution >= 4 is 5.97 Å². The minimum absolute atomic E-state index is 0.421. The maximum atomic E-state index is 10.2. The molecule has 0 saturated heterocycles. The van der Waals surface area contributed by atoms with Crippen LogP contribution in [0.3, 0.4) is 0 Å². The smallest absolute Gasteiger partial charge is 0.269 e. The van der Waals surface area contributed by atoms with E-state index >= 15 is 0 Å². The Bertz CT molecular complexity index is 130. The number of hydrogen-bond acceptors (Lipinski definition) is 4. The van der Waals surface area contributed by atoms with Gasteiger partial charge in [-0.25, -0.2) is 4.79 Å². The van der Waals surface area contributed by atoms with E-state index < -0.39 is 11.6 Å². The second-order valence-electron chi connectivity index (χ2n) is 2.84. The molecule has 4 heteroatoms. The van der Waals surface area contributed by atoms with Crippen LogP contribution >= 0.6 is 0 Å². The van der Waals surface area contributed by atoms with E-state index in [2.05, 4.69) is 9.93 Å². The van der Waals surface area contributed by atoms with Crippen molar-refractivity contribution in [2.75, 3.05) is 0 Å². The zero-order valence-corrected chi connectivity index (χ0v) is 7.34. The van der Waals surface area contributed by atoms with Gasteiger partial charge in [0.1, 0.15) is 5.60 Å². The summed E-state index contributed by atoms with van der Waals surface area (Å²) >= 11 is 0. The van der Waals surface area contributed by atoms with Gasteiger partial charge in [0.15, 0.2) is 0 Å². The molecule has 0 aliphatic carbocycles. The van der Waals surface area contributed by atoms with E-state index in [1.807, 2.05) is 20.8 Å². The third-order valence-electron chi connectivity index (χ3n) is 1.26. The summed E-state index contributed by atoms with van der Waals surface area (Å²) in [6.45, 7) is 6.84. The lowest BCUT2D eigenvalue weighted by Gasteiger charge is -2.18. The van der Waals surface area contributed by atoms with Gasteiger partial charge >= 0.3 is 5.97 Å². The molecular formula is C7H14O4. The molecular weight excluding hydrogens is 148 g/mol. The summed E-state index contributed by atoms with van der Waals surface area (Å²) in [5.41, 5.74) is -0.421.